The molecule has 2 aromatic rings. The summed E-state index contributed by atoms with van der Waals surface area (Å²) in [7, 11) is 0. The number of nitrogens with zero attached hydrogens (tertiary/aromatic N) is 1. The zero-order valence-electron chi connectivity index (χ0n) is 10.2. The first-order valence-electron chi connectivity index (χ1n) is 5.52. The Bertz CT molecular complexity index is 558. The summed E-state index contributed by atoms with van der Waals surface area (Å²) in [6, 6.07) is 7.51. The number of hydrogen-bond acceptors (Lipinski definition) is 3. The SMILES string of the molecule is Cc1cc(Br)cc(NC(=O)Cc2cc(C)on2)c1. The lowest BCUT2D eigenvalue weighted by molar-refractivity contribution is -0.115. The molecule has 0 aliphatic rings. The second-order valence-electron chi connectivity index (χ2n) is 4.17. The van der Waals surface area contributed by atoms with Crippen LogP contribution >= 0.6 is 15.9 Å². The normalized spacial score (nSPS) is 10.4. The Balaban J connectivity index is 2.02. The van der Waals surface area contributed by atoms with E-state index in [4.69, 9.17) is 4.52 Å². The number of hydrogen-bond donors (Lipinski definition) is 1. The lowest BCUT2D eigenvalue weighted by Crippen LogP contribution is -2.14. The van der Waals surface area contributed by atoms with Crippen molar-refractivity contribution in [2.45, 2.75) is 20.3 Å². The maximum atomic E-state index is 11.8. The lowest BCUT2D eigenvalue weighted by Gasteiger charge is -2.05. The van der Waals surface area contributed by atoms with Gasteiger partial charge in [-0.15, -0.1) is 0 Å². The zero-order chi connectivity index (χ0) is 13.1. The van der Waals surface area contributed by atoms with E-state index >= 15 is 0 Å². The minimum Gasteiger partial charge on any atom is -0.361 e. The Labute approximate surface area is 113 Å². The van der Waals surface area contributed by atoms with E-state index in [0.29, 0.717) is 11.5 Å². The first-order valence-corrected chi connectivity index (χ1v) is 6.31. The van der Waals surface area contributed by atoms with Crippen LogP contribution in [-0.4, -0.2) is 11.1 Å². The van der Waals surface area contributed by atoms with Gasteiger partial charge in [0.25, 0.3) is 0 Å². The highest BCUT2D eigenvalue weighted by atomic mass is 79.9. The van der Waals surface area contributed by atoms with E-state index in [1.807, 2.05) is 25.1 Å². The molecule has 0 saturated carbocycles. The molecule has 0 atom stereocenters. The average Bonchev–Trinajstić information content (AvgIpc) is 2.61. The molecule has 18 heavy (non-hydrogen) atoms. The minimum atomic E-state index is -0.110. The van der Waals surface area contributed by atoms with Crippen molar-refractivity contribution in [3.8, 4) is 0 Å². The molecule has 0 radical (unpaired) electrons. The Morgan fingerprint density at radius 3 is 2.72 bits per heavy atom. The van der Waals surface area contributed by atoms with Crippen LogP contribution in [0.5, 0.6) is 0 Å². The maximum Gasteiger partial charge on any atom is 0.230 e. The van der Waals surface area contributed by atoms with E-state index in [1.165, 1.54) is 0 Å². The van der Waals surface area contributed by atoms with Crippen LogP contribution in [0.4, 0.5) is 5.69 Å². The third-order valence-electron chi connectivity index (χ3n) is 2.34. The van der Waals surface area contributed by atoms with E-state index in [-0.39, 0.29) is 12.3 Å². The largest absolute Gasteiger partial charge is 0.361 e. The third-order valence-corrected chi connectivity index (χ3v) is 2.80. The molecule has 1 amide bonds. The van der Waals surface area contributed by atoms with Crippen LogP contribution in [-0.2, 0) is 11.2 Å². The van der Waals surface area contributed by atoms with Crippen LogP contribution in [0.1, 0.15) is 17.0 Å². The van der Waals surface area contributed by atoms with Gasteiger partial charge in [0.2, 0.25) is 5.91 Å². The molecule has 0 spiro atoms. The summed E-state index contributed by atoms with van der Waals surface area (Å²) in [6.07, 6.45) is 0.211. The highest BCUT2D eigenvalue weighted by Gasteiger charge is 2.08. The second kappa shape index (κ2) is 5.35. The fourth-order valence-electron chi connectivity index (χ4n) is 1.68. The van der Waals surface area contributed by atoms with Crippen LogP contribution in [0, 0.1) is 13.8 Å². The quantitative estimate of drug-likeness (QED) is 0.947. The van der Waals surface area contributed by atoms with Crippen molar-refractivity contribution < 1.29 is 9.32 Å². The molecule has 4 nitrogen and oxygen atoms in total. The zero-order valence-corrected chi connectivity index (χ0v) is 11.7. The fourth-order valence-corrected chi connectivity index (χ4v) is 2.29. The van der Waals surface area contributed by atoms with Gasteiger partial charge >= 0.3 is 0 Å². The lowest BCUT2D eigenvalue weighted by atomic mass is 10.2. The molecular weight excluding hydrogens is 296 g/mol. The molecule has 0 fully saturated rings. The molecule has 2 rings (SSSR count). The number of nitrogens with one attached hydrogen (secondary N) is 1. The van der Waals surface area contributed by atoms with Gasteiger partial charge in [0, 0.05) is 16.2 Å². The molecule has 0 aliphatic carbocycles. The van der Waals surface area contributed by atoms with Crippen molar-refractivity contribution >= 4 is 27.5 Å². The first kappa shape index (κ1) is 12.8. The molecule has 0 unspecified atom stereocenters. The van der Waals surface area contributed by atoms with E-state index in [0.717, 1.165) is 15.7 Å². The summed E-state index contributed by atoms with van der Waals surface area (Å²) in [6.45, 7) is 3.77. The van der Waals surface area contributed by atoms with Crippen LogP contribution in [0.25, 0.3) is 0 Å². The van der Waals surface area contributed by atoms with Gasteiger partial charge in [0.1, 0.15) is 5.76 Å². The number of amides is 1. The van der Waals surface area contributed by atoms with Gasteiger partial charge in [-0.05, 0) is 37.6 Å². The summed E-state index contributed by atoms with van der Waals surface area (Å²) in [5.74, 6) is 0.594. The van der Waals surface area contributed by atoms with E-state index in [2.05, 4.69) is 26.4 Å². The highest BCUT2D eigenvalue weighted by Crippen LogP contribution is 2.19. The van der Waals surface area contributed by atoms with Crippen LogP contribution < -0.4 is 5.32 Å². The molecule has 1 aromatic heterocycles. The molecule has 0 bridgehead atoms. The van der Waals surface area contributed by atoms with E-state index in [9.17, 15) is 4.79 Å². The van der Waals surface area contributed by atoms with Crippen molar-refractivity contribution in [2.75, 3.05) is 5.32 Å². The van der Waals surface area contributed by atoms with E-state index in [1.54, 1.807) is 13.0 Å². The Hall–Kier alpha value is -1.62. The number of aryl methyl sites for hydroxylation is 2. The summed E-state index contributed by atoms with van der Waals surface area (Å²) in [5, 5.41) is 6.62. The van der Waals surface area contributed by atoms with Gasteiger partial charge in [0.15, 0.2) is 0 Å². The summed E-state index contributed by atoms with van der Waals surface area (Å²) in [4.78, 5) is 11.8. The number of carbonyl (C=O) groups excluding carboxylic acids is 1. The molecule has 0 aliphatic heterocycles. The molecule has 1 aromatic carbocycles. The standard InChI is InChI=1S/C13H13BrN2O2/c1-8-3-10(14)6-11(4-8)15-13(17)7-12-5-9(2)18-16-12/h3-6H,7H2,1-2H3,(H,15,17). The van der Waals surface area contributed by atoms with E-state index < -0.39 is 0 Å². The molecular formula is C13H13BrN2O2. The number of carbonyl (C=O) groups is 1. The van der Waals surface area contributed by atoms with Gasteiger partial charge in [0.05, 0.1) is 12.1 Å². The highest BCUT2D eigenvalue weighted by molar-refractivity contribution is 9.10. The average molecular weight is 309 g/mol. The number of benzene rings is 1. The molecule has 1 heterocycles. The Morgan fingerprint density at radius 2 is 2.11 bits per heavy atom. The van der Waals surface area contributed by atoms with Gasteiger partial charge in [-0.25, -0.2) is 0 Å². The number of halogens is 1. The summed E-state index contributed by atoms with van der Waals surface area (Å²) >= 11 is 3.39. The Morgan fingerprint density at radius 1 is 1.33 bits per heavy atom. The molecule has 0 saturated heterocycles. The topological polar surface area (TPSA) is 55.1 Å². The van der Waals surface area contributed by atoms with Crippen LogP contribution in [0.15, 0.2) is 33.3 Å². The number of aromatic nitrogens is 1. The summed E-state index contributed by atoms with van der Waals surface area (Å²) < 4.78 is 5.86. The number of anilines is 1. The van der Waals surface area contributed by atoms with Crippen molar-refractivity contribution in [1.29, 1.82) is 0 Å². The Kier molecular flexibility index (Phi) is 3.81. The predicted octanol–water partition coefficient (Wildman–Crippen LogP) is 3.24. The van der Waals surface area contributed by atoms with Crippen molar-refractivity contribution in [1.82, 2.24) is 5.16 Å². The smallest absolute Gasteiger partial charge is 0.230 e. The van der Waals surface area contributed by atoms with Crippen molar-refractivity contribution in [3.05, 3.63) is 45.8 Å². The molecule has 94 valence electrons. The monoisotopic (exact) mass is 308 g/mol. The minimum absolute atomic E-state index is 0.110. The van der Waals surface area contributed by atoms with Crippen molar-refractivity contribution in [3.63, 3.8) is 0 Å². The third kappa shape index (κ3) is 3.43. The van der Waals surface area contributed by atoms with Crippen LogP contribution in [0.3, 0.4) is 0 Å². The fraction of sp³-hybridized carbons (Fsp3) is 0.231. The van der Waals surface area contributed by atoms with Gasteiger partial charge in [-0.2, -0.15) is 0 Å². The van der Waals surface area contributed by atoms with Gasteiger partial charge in [-0.1, -0.05) is 21.1 Å². The molecule has 1 N–H and O–H groups in total. The predicted molar refractivity (Wildman–Crippen MR) is 72.5 cm³/mol. The maximum absolute atomic E-state index is 11.8. The van der Waals surface area contributed by atoms with Gasteiger partial charge in [-0.3, -0.25) is 4.79 Å². The van der Waals surface area contributed by atoms with Gasteiger partial charge < -0.3 is 9.84 Å². The second-order valence-corrected chi connectivity index (χ2v) is 5.09. The van der Waals surface area contributed by atoms with Crippen molar-refractivity contribution in [2.24, 2.45) is 0 Å². The summed E-state index contributed by atoms with van der Waals surface area (Å²) in [5.41, 5.74) is 2.49. The first-order chi connectivity index (χ1) is 8.52. The van der Waals surface area contributed by atoms with Crippen LogP contribution in [0.2, 0.25) is 0 Å². The molecule has 5 heteroatoms. The number of rotatable bonds is 3.